The molecule has 1 saturated heterocycles. The molecular weight excluding hydrogens is 188 g/mol. The smallest absolute Gasteiger partial charge is 0.228 e. The van der Waals surface area contributed by atoms with Gasteiger partial charge in [0, 0.05) is 12.2 Å². The molecule has 0 aliphatic carbocycles. The van der Waals surface area contributed by atoms with Crippen molar-refractivity contribution in [3.63, 3.8) is 0 Å². The minimum atomic E-state index is 0.108. The number of carbonyl (C=O) groups excluding carboxylic acids is 1. The summed E-state index contributed by atoms with van der Waals surface area (Å²) in [6.45, 7) is 5.53. The van der Waals surface area contributed by atoms with Crippen molar-refractivity contribution in [1.82, 2.24) is 5.32 Å². The van der Waals surface area contributed by atoms with Crippen LogP contribution in [0.2, 0.25) is 0 Å². The van der Waals surface area contributed by atoms with E-state index in [0.717, 1.165) is 30.8 Å². The molecule has 2 N–H and O–H groups in total. The Morgan fingerprint density at radius 1 is 1.40 bits per heavy atom. The fraction of sp³-hybridized carbons (Fsp3) is 0.333. The first-order valence-corrected chi connectivity index (χ1v) is 5.19. The molecule has 1 aromatic carbocycles. The molecule has 3 heteroatoms. The van der Waals surface area contributed by atoms with Crippen molar-refractivity contribution in [1.29, 1.82) is 0 Å². The van der Waals surface area contributed by atoms with E-state index in [0.29, 0.717) is 0 Å². The van der Waals surface area contributed by atoms with Crippen molar-refractivity contribution in [2.24, 2.45) is 5.92 Å². The molecule has 1 heterocycles. The van der Waals surface area contributed by atoms with Crippen LogP contribution in [0.1, 0.15) is 12.0 Å². The van der Waals surface area contributed by atoms with Gasteiger partial charge in [-0.25, -0.2) is 0 Å². The van der Waals surface area contributed by atoms with Gasteiger partial charge in [-0.05, 0) is 37.6 Å². The predicted molar refractivity (Wildman–Crippen MR) is 60.5 cm³/mol. The van der Waals surface area contributed by atoms with E-state index in [1.165, 1.54) is 0 Å². The monoisotopic (exact) mass is 203 g/mol. The van der Waals surface area contributed by atoms with Gasteiger partial charge in [-0.3, -0.25) is 4.79 Å². The number of benzene rings is 1. The Morgan fingerprint density at radius 3 is 2.73 bits per heavy atom. The molecule has 1 aliphatic rings. The van der Waals surface area contributed by atoms with Crippen molar-refractivity contribution >= 4 is 11.6 Å². The lowest BCUT2D eigenvalue weighted by Crippen LogP contribution is -2.24. The summed E-state index contributed by atoms with van der Waals surface area (Å²) in [6, 6.07) is 7.54. The first-order chi connectivity index (χ1) is 7.25. The lowest BCUT2D eigenvalue weighted by atomic mass is 10.1. The fourth-order valence-electron chi connectivity index (χ4n) is 1.71. The highest BCUT2D eigenvalue weighted by molar-refractivity contribution is 5.92. The fourth-order valence-corrected chi connectivity index (χ4v) is 1.71. The molecule has 0 spiro atoms. The summed E-state index contributed by atoms with van der Waals surface area (Å²) < 4.78 is 0. The average Bonchev–Trinajstić information content (AvgIpc) is 2.74. The van der Waals surface area contributed by atoms with E-state index < -0.39 is 0 Å². The Kier molecular flexibility index (Phi) is 3.02. The molecule has 15 heavy (non-hydrogen) atoms. The van der Waals surface area contributed by atoms with E-state index in [1.54, 1.807) is 0 Å². The highest BCUT2D eigenvalue weighted by Gasteiger charge is 2.21. The SMILES string of the molecule is [CH2]c1ccc(NC(=O)C2CCNC2)cc1. The molecule has 1 amide bonds. The summed E-state index contributed by atoms with van der Waals surface area (Å²) in [7, 11) is 0. The summed E-state index contributed by atoms with van der Waals surface area (Å²) in [6.07, 6.45) is 0.930. The number of amides is 1. The molecule has 1 fully saturated rings. The van der Waals surface area contributed by atoms with Gasteiger partial charge in [0.2, 0.25) is 5.91 Å². The summed E-state index contributed by atoms with van der Waals surface area (Å²) >= 11 is 0. The Morgan fingerprint density at radius 2 is 2.13 bits per heavy atom. The second-order valence-corrected chi connectivity index (χ2v) is 3.88. The number of hydrogen-bond donors (Lipinski definition) is 2. The van der Waals surface area contributed by atoms with Crippen LogP contribution in [0.5, 0.6) is 0 Å². The topological polar surface area (TPSA) is 41.1 Å². The zero-order valence-electron chi connectivity index (χ0n) is 8.62. The van der Waals surface area contributed by atoms with Crippen LogP contribution < -0.4 is 10.6 Å². The Balaban J connectivity index is 1.96. The maximum absolute atomic E-state index is 11.7. The Labute approximate surface area is 89.9 Å². The second kappa shape index (κ2) is 4.45. The van der Waals surface area contributed by atoms with E-state index in [9.17, 15) is 4.79 Å². The van der Waals surface area contributed by atoms with E-state index in [4.69, 9.17) is 0 Å². The predicted octanol–water partition coefficient (Wildman–Crippen LogP) is 1.42. The lowest BCUT2D eigenvalue weighted by Gasteiger charge is -2.09. The minimum absolute atomic E-state index is 0.108. The third-order valence-corrected chi connectivity index (χ3v) is 2.65. The molecule has 1 radical (unpaired) electrons. The van der Waals surface area contributed by atoms with Crippen molar-refractivity contribution in [3.05, 3.63) is 36.8 Å². The molecule has 0 saturated carbocycles. The molecule has 0 bridgehead atoms. The standard InChI is InChI=1S/C12H15N2O/c1-9-2-4-11(5-3-9)14-12(15)10-6-7-13-8-10/h2-5,10,13H,1,6-8H2,(H,14,15). The quantitative estimate of drug-likeness (QED) is 0.763. The molecule has 1 unspecified atom stereocenters. The second-order valence-electron chi connectivity index (χ2n) is 3.88. The van der Waals surface area contributed by atoms with Crippen LogP contribution in [0.15, 0.2) is 24.3 Å². The van der Waals surface area contributed by atoms with Crippen LogP contribution in [0, 0.1) is 12.8 Å². The molecule has 79 valence electrons. The highest BCUT2D eigenvalue weighted by Crippen LogP contribution is 2.13. The zero-order valence-corrected chi connectivity index (χ0v) is 8.62. The van der Waals surface area contributed by atoms with Crippen LogP contribution in [0.3, 0.4) is 0 Å². The largest absolute Gasteiger partial charge is 0.326 e. The van der Waals surface area contributed by atoms with Gasteiger partial charge in [0.15, 0.2) is 0 Å². The summed E-state index contributed by atoms with van der Waals surface area (Å²) in [4.78, 5) is 11.7. The Bertz CT molecular complexity index is 339. The van der Waals surface area contributed by atoms with Gasteiger partial charge in [0.25, 0.3) is 0 Å². The first-order valence-electron chi connectivity index (χ1n) is 5.19. The highest BCUT2D eigenvalue weighted by atomic mass is 16.1. The van der Waals surface area contributed by atoms with Crippen molar-refractivity contribution < 1.29 is 4.79 Å². The summed E-state index contributed by atoms with van der Waals surface area (Å²) in [5.74, 6) is 0.223. The van der Waals surface area contributed by atoms with Crippen molar-refractivity contribution in [2.75, 3.05) is 18.4 Å². The maximum atomic E-state index is 11.7. The molecular formula is C12H15N2O. The van der Waals surface area contributed by atoms with Crippen molar-refractivity contribution in [3.8, 4) is 0 Å². The van der Waals surface area contributed by atoms with Gasteiger partial charge >= 0.3 is 0 Å². The van der Waals surface area contributed by atoms with E-state index in [2.05, 4.69) is 17.6 Å². The number of nitrogens with one attached hydrogen (secondary N) is 2. The van der Waals surface area contributed by atoms with Gasteiger partial charge in [-0.2, -0.15) is 0 Å². The summed E-state index contributed by atoms with van der Waals surface area (Å²) in [5.41, 5.74) is 1.80. The van der Waals surface area contributed by atoms with Crippen molar-refractivity contribution in [2.45, 2.75) is 6.42 Å². The molecule has 2 rings (SSSR count). The van der Waals surface area contributed by atoms with Crippen LogP contribution in [0.4, 0.5) is 5.69 Å². The van der Waals surface area contributed by atoms with Gasteiger partial charge in [-0.1, -0.05) is 12.1 Å². The number of carbonyl (C=O) groups is 1. The zero-order chi connectivity index (χ0) is 10.7. The normalized spacial score (nSPS) is 20.2. The van der Waals surface area contributed by atoms with Gasteiger partial charge in [-0.15, -0.1) is 0 Å². The third-order valence-electron chi connectivity index (χ3n) is 2.65. The number of rotatable bonds is 2. The van der Waals surface area contributed by atoms with Crippen LogP contribution in [0.25, 0.3) is 0 Å². The van der Waals surface area contributed by atoms with Gasteiger partial charge in [0.05, 0.1) is 5.92 Å². The molecule has 1 aliphatic heterocycles. The first kappa shape index (κ1) is 10.2. The van der Waals surface area contributed by atoms with Gasteiger partial charge in [0.1, 0.15) is 0 Å². The molecule has 1 atom stereocenters. The minimum Gasteiger partial charge on any atom is -0.326 e. The van der Waals surface area contributed by atoms with Crippen LogP contribution >= 0.6 is 0 Å². The number of anilines is 1. The number of hydrogen-bond acceptors (Lipinski definition) is 2. The maximum Gasteiger partial charge on any atom is 0.228 e. The lowest BCUT2D eigenvalue weighted by molar-refractivity contribution is -0.119. The molecule has 3 nitrogen and oxygen atoms in total. The van der Waals surface area contributed by atoms with E-state index in [1.807, 2.05) is 24.3 Å². The van der Waals surface area contributed by atoms with Gasteiger partial charge < -0.3 is 10.6 Å². The Hall–Kier alpha value is -1.35. The van der Waals surface area contributed by atoms with Crippen LogP contribution in [-0.2, 0) is 4.79 Å². The molecule has 0 aromatic heterocycles. The average molecular weight is 203 g/mol. The molecule has 1 aromatic rings. The summed E-state index contributed by atoms with van der Waals surface area (Å²) in [5, 5.41) is 6.08. The van der Waals surface area contributed by atoms with Crippen LogP contribution in [-0.4, -0.2) is 19.0 Å². The third kappa shape index (κ3) is 2.57. The van der Waals surface area contributed by atoms with E-state index in [-0.39, 0.29) is 11.8 Å². The van der Waals surface area contributed by atoms with E-state index >= 15 is 0 Å².